The lowest BCUT2D eigenvalue weighted by atomic mass is 10.0. The van der Waals surface area contributed by atoms with Gasteiger partial charge in [0.15, 0.2) is 5.65 Å². The van der Waals surface area contributed by atoms with Gasteiger partial charge >= 0.3 is 5.69 Å². The van der Waals surface area contributed by atoms with Crippen molar-refractivity contribution in [3.8, 4) is 11.3 Å². The molecule has 0 fully saturated rings. The lowest BCUT2D eigenvalue weighted by Gasteiger charge is -2.11. The molecule has 3 heterocycles. The molecular formula is C30H29N5O2. The van der Waals surface area contributed by atoms with Gasteiger partial charge in [-0.25, -0.2) is 4.79 Å². The van der Waals surface area contributed by atoms with Gasteiger partial charge in [0.25, 0.3) is 5.56 Å². The van der Waals surface area contributed by atoms with Crippen LogP contribution in [0.15, 0.2) is 82.5 Å². The number of para-hydroxylation sites is 1. The van der Waals surface area contributed by atoms with Crippen LogP contribution in [0.25, 0.3) is 44.0 Å². The molecular weight excluding hydrogens is 462 g/mol. The number of rotatable bonds is 5. The summed E-state index contributed by atoms with van der Waals surface area (Å²) in [5.74, 6) is 0.211. The number of fused-ring (bicyclic) bond motifs is 3. The van der Waals surface area contributed by atoms with Crippen LogP contribution in [0.4, 0.5) is 0 Å². The van der Waals surface area contributed by atoms with Crippen LogP contribution in [0.5, 0.6) is 0 Å². The minimum atomic E-state index is -0.342. The van der Waals surface area contributed by atoms with E-state index >= 15 is 0 Å². The van der Waals surface area contributed by atoms with E-state index in [2.05, 4.69) is 61.0 Å². The van der Waals surface area contributed by atoms with Gasteiger partial charge in [0.1, 0.15) is 5.39 Å². The van der Waals surface area contributed by atoms with Crippen LogP contribution in [0.3, 0.4) is 0 Å². The van der Waals surface area contributed by atoms with Gasteiger partial charge < -0.3 is 4.57 Å². The summed E-state index contributed by atoms with van der Waals surface area (Å²) < 4.78 is 6.84. The highest BCUT2D eigenvalue weighted by Gasteiger charge is 2.25. The predicted octanol–water partition coefficient (Wildman–Crippen LogP) is 4.91. The standard InChI is InChI=1S/C30H29N5O2/c1-19(2)16-34-28-26(29(36)33(4)30(34)37)27(24-18-32(3)25-15-8-7-14-23(24)25)35(31-28)17-21-12-9-11-20-10-5-6-13-22(20)21/h5-15,18-19H,16-17H2,1-4H3. The molecule has 0 saturated heterocycles. The Morgan fingerprint density at radius 3 is 2.35 bits per heavy atom. The van der Waals surface area contributed by atoms with Crippen LogP contribution >= 0.6 is 0 Å². The maximum atomic E-state index is 13.7. The molecule has 0 atom stereocenters. The van der Waals surface area contributed by atoms with E-state index in [1.54, 1.807) is 11.6 Å². The van der Waals surface area contributed by atoms with Gasteiger partial charge in [0.05, 0.1) is 12.2 Å². The van der Waals surface area contributed by atoms with Crippen molar-refractivity contribution in [2.75, 3.05) is 0 Å². The third-order valence-electron chi connectivity index (χ3n) is 7.13. The molecule has 0 unspecified atom stereocenters. The zero-order valence-corrected chi connectivity index (χ0v) is 21.5. The summed E-state index contributed by atoms with van der Waals surface area (Å²) in [6, 6.07) is 22.7. The van der Waals surface area contributed by atoms with Gasteiger partial charge in [-0.1, -0.05) is 74.5 Å². The fourth-order valence-electron chi connectivity index (χ4n) is 5.40. The van der Waals surface area contributed by atoms with Crippen LogP contribution in [0.1, 0.15) is 19.4 Å². The Labute approximate surface area is 213 Å². The monoisotopic (exact) mass is 491 g/mol. The summed E-state index contributed by atoms with van der Waals surface area (Å²) in [4.78, 5) is 26.9. The Balaban J connectivity index is 1.73. The number of nitrogens with zero attached hydrogens (tertiary/aromatic N) is 5. The summed E-state index contributed by atoms with van der Waals surface area (Å²) in [7, 11) is 3.56. The van der Waals surface area contributed by atoms with Gasteiger partial charge in [-0.2, -0.15) is 5.10 Å². The molecule has 37 heavy (non-hydrogen) atoms. The van der Waals surface area contributed by atoms with Crippen molar-refractivity contribution in [1.82, 2.24) is 23.5 Å². The van der Waals surface area contributed by atoms with E-state index in [4.69, 9.17) is 5.10 Å². The number of aromatic nitrogens is 5. The molecule has 0 aliphatic heterocycles. The molecule has 6 aromatic rings. The summed E-state index contributed by atoms with van der Waals surface area (Å²) >= 11 is 0. The van der Waals surface area contributed by atoms with Crippen molar-refractivity contribution in [2.24, 2.45) is 20.0 Å². The minimum Gasteiger partial charge on any atom is -0.350 e. The molecule has 6 rings (SSSR count). The SMILES string of the molecule is CC(C)Cn1c(=O)n(C)c(=O)c2c(-c3cn(C)c4ccccc34)n(Cc3cccc4ccccc34)nc21. The molecule has 3 aromatic heterocycles. The Hall–Kier alpha value is -4.39. The number of benzene rings is 3. The Morgan fingerprint density at radius 1 is 0.865 bits per heavy atom. The summed E-state index contributed by atoms with van der Waals surface area (Å²) in [6.07, 6.45) is 2.05. The first kappa shape index (κ1) is 23.0. The summed E-state index contributed by atoms with van der Waals surface area (Å²) in [5.41, 5.74) is 3.59. The minimum absolute atomic E-state index is 0.211. The van der Waals surface area contributed by atoms with E-state index in [0.29, 0.717) is 24.1 Å². The summed E-state index contributed by atoms with van der Waals surface area (Å²) in [5, 5.41) is 8.78. The van der Waals surface area contributed by atoms with E-state index in [9.17, 15) is 9.59 Å². The lowest BCUT2D eigenvalue weighted by molar-refractivity contribution is 0.498. The first-order valence-electron chi connectivity index (χ1n) is 12.6. The van der Waals surface area contributed by atoms with Gasteiger partial charge in [-0.15, -0.1) is 0 Å². The molecule has 0 radical (unpaired) electrons. The van der Waals surface area contributed by atoms with E-state index < -0.39 is 0 Å². The van der Waals surface area contributed by atoms with Crippen LogP contribution in [0, 0.1) is 5.92 Å². The first-order chi connectivity index (χ1) is 17.8. The van der Waals surface area contributed by atoms with E-state index in [1.165, 1.54) is 4.57 Å². The van der Waals surface area contributed by atoms with Crippen molar-refractivity contribution in [3.05, 3.63) is 99.3 Å². The van der Waals surface area contributed by atoms with Gasteiger partial charge in [0.2, 0.25) is 0 Å². The Morgan fingerprint density at radius 2 is 1.57 bits per heavy atom. The van der Waals surface area contributed by atoms with E-state index in [-0.39, 0.29) is 17.2 Å². The second kappa shape index (κ2) is 8.62. The molecule has 186 valence electrons. The molecule has 0 saturated carbocycles. The first-order valence-corrected chi connectivity index (χ1v) is 12.6. The molecule has 0 amide bonds. The Kier molecular flexibility index (Phi) is 5.37. The average Bonchev–Trinajstić information content (AvgIpc) is 3.43. The molecule has 3 aromatic carbocycles. The predicted molar refractivity (Wildman–Crippen MR) is 149 cm³/mol. The quantitative estimate of drug-likeness (QED) is 0.344. The number of hydrogen-bond donors (Lipinski definition) is 0. The Bertz CT molecular complexity index is 1930. The van der Waals surface area contributed by atoms with Crippen LogP contribution in [-0.4, -0.2) is 23.5 Å². The van der Waals surface area contributed by atoms with Crippen molar-refractivity contribution in [3.63, 3.8) is 0 Å². The van der Waals surface area contributed by atoms with Crippen LogP contribution in [-0.2, 0) is 27.2 Å². The van der Waals surface area contributed by atoms with Gasteiger partial charge in [-0.3, -0.25) is 18.6 Å². The summed E-state index contributed by atoms with van der Waals surface area (Å²) in [6.45, 7) is 5.06. The zero-order valence-electron chi connectivity index (χ0n) is 21.5. The van der Waals surface area contributed by atoms with E-state index in [0.717, 1.165) is 38.5 Å². The number of hydrogen-bond acceptors (Lipinski definition) is 3. The second-order valence-corrected chi connectivity index (χ2v) is 10.2. The fraction of sp³-hybridized carbons (Fsp3) is 0.233. The maximum absolute atomic E-state index is 13.7. The maximum Gasteiger partial charge on any atom is 0.332 e. The zero-order chi connectivity index (χ0) is 25.8. The smallest absolute Gasteiger partial charge is 0.332 e. The molecule has 0 N–H and O–H groups in total. The highest BCUT2D eigenvalue weighted by Crippen LogP contribution is 2.34. The van der Waals surface area contributed by atoms with Gasteiger partial charge in [0, 0.05) is 43.3 Å². The average molecular weight is 492 g/mol. The number of aryl methyl sites for hydroxylation is 1. The lowest BCUT2D eigenvalue weighted by Crippen LogP contribution is -2.38. The second-order valence-electron chi connectivity index (χ2n) is 10.2. The van der Waals surface area contributed by atoms with Crippen molar-refractivity contribution >= 4 is 32.7 Å². The molecule has 0 bridgehead atoms. The normalized spacial score (nSPS) is 11.9. The third kappa shape index (κ3) is 3.61. The van der Waals surface area contributed by atoms with Crippen molar-refractivity contribution < 1.29 is 0 Å². The van der Waals surface area contributed by atoms with Crippen LogP contribution < -0.4 is 11.2 Å². The van der Waals surface area contributed by atoms with Gasteiger partial charge in [-0.05, 0) is 28.3 Å². The topological polar surface area (TPSA) is 66.8 Å². The van der Waals surface area contributed by atoms with E-state index in [1.807, 2.05) is 42.1 Å². The van der Waals surface area contributed by atoms with Crippen molar-refractivity contribution in [2.45, 2.75) is 26.9 Å². The van der Waals surface area contributed by atoms with Crippen LogP contribution in [0.2, 0.25) is 0 Å². The highest BCUT2D eigenvalue weighted by molar-refractivity contribution is 6.02. The fourth-order valence-corrected chi connectivity index (χ4v) is 5.40. The molecule has 0 aliphatic carbocycles. The highest BCUT2D eigenvalue weighted by atomic mass is 16.2. The third-order valence-corrected chi connectivity index (χ3v) is 7.13. The molecule has 0 aliphatic rings. The molecule has 7 heteroatoms. The van der Waals surface area contributed by atoms with Crippen molar-refractivity contribution in [1.29, 1.82) is 0 Å². The molecule has 0 spiro atoms. The largest absolute Gasteiger partial charge is 0.350 e. The molecule has 7 nitrogen and oxygen atoms in total.